The standard InChI is InChI=1S/C62H44O4.2C4H8O2/c63-59(51-25-9-1-10-26-51,52-27-11-2-12-28-52)45-41-49(42-46-60(64,53-29-13-3-14-30-53)54-31-15-4-16-32-54)50(43-47-61(65,55-33-17-5-18-34-55)56-35-19-6-20-36-56)44-48-62(66,57-37-21-7-22-38-57)58-39-23-8-24-40-58;2*1-2-6-4-3-5-1/h1-40,63-66H;2*1-4H2. The van der Waals surface area contributed by atoms with Crippen molar-refractivity contribution in [2.75, 3.05) is 52.9 Å². The number of rotatable bonds is 8. The predicted molar refractivity (Wildman–Crippen MR) is 305 cm³/mol. The summed E-state index contributed by atoms with van der Waals surface area (Å²) >= 11 is 0. The van der Waals surface area contributed by atoms with Gasteiger partial charge in [-0.2, -0.15) is 0 Å². The van der Waals surface area contributed by atoms with Crippen molar-refractivity contribution >= 4 is 0 Å². The molecule has 8 aromatic rings. The number of ether oxygens (including phenoxy) is 4. The summed E-state index contributed by atoms with van der Waals surface area (Å²) in [6.45, 7) is 6.22. The summed E-state index contributed by atoms with van der Waals surface area (Å²) in [6, 6.07) is 72.7. The van der Waals surface area contributed by atoms with Crippen molar-refractivity contribution in [3.8, 4) is 47.4 Å². The second-order valence-electron chi connectivity index (χ2n) is 18.0. The van der Waals surface area contributed by atoms with Crippen LogP contribution in [0.3, 0.4) is 0 Å². The SMILES string of the molecule is C1COCCO1.C1COCCO1.OC(C#CC(C#CC(O)(c1ccccc1)c1ccccc1)=C(C#CC(O)(c1ccccc1)c1ccccc1)C#CC(O)(c1ccccc1)c1ccccc1)(c1ccccc1)c1ccccc1. The fourth-order valence-corrected chi connectivity index (χ4v) is 8.48. The summed E-state index contributed by atoms with van der Waals surface area (Å²) in [7, 11) is 0. The van der Waals surface area contributed by atoms with Crippen LogP contribution in [0.4, 0.5) is 0 Å². The molecule has 0 unspecified atom stereocenters. The van der Waals surface area contributed by atoms with Crippen molar-refractivity contribution in [2.24, 2.45) is 0 Å². The van der Waals surface area contributed by atoms with Crippen LogP contribution >= 0.6 is 0 Å². The van der Waals surface area contributed by atoms with Gasteiger partial charge in [0.1, 0.15) is 0 Å². The summed E-state index contributed by atoms with van der Waals surface area (Å²) in [5.41, 5.74) is -3.38. The average Bonchev–Trinajstić information content (AvgIpc) is 3.58. The summed E-state index contributed by atoms with van der Waals surface area (Å²) < 4.78 is 19.8. The number of allylic oxidation sites excluding steroid dienone is 2. The summed E-state index contributed by atoms with van der Waals surface area (Å²) in [5, 5.41) is 50.9. The molecule has 2 aliphatic heterocycles. The first-order valence-electron chi connectivity index (χ1n) is 25.7. The van der Waals surface area contributed by atoms with E-state index in [2.05, 4.69) is 47.4 Å². The van der Waals surface area contributed by atoms with Gasteiger partial charge < -0.3 is 39.4 Å². The molecule has 2 fully saturated rings. The van der Waals surface area contributed by atoms with E-state index in [4.69, 9.17) is 18.9 Å². The van der Waals surface area contributed by atoms with Crippen LogP contribution in [0.25, 0.3) is 0 Å². The van der Waals surface area contributed by atoms with E-state index in [0.717, 1.165) is 52.9 Å². The molecule has 388 valence electrons. The molecule has 8 aromatic carbocycles. The average molecular weight is 1030 g/mol. The van der Waals surface area contributed by atoms with E-state index in [0.29, 0.717) is 44.5 Å². The van der Waals surface area contributed by atoms with Crippen LogP contribution in [-0.4, -0.2) is 73.3 Å². The lowest BCUT2D eigenvalue weighted by Gasteiger charge is -2.24. The number of benzene rings is 8. The maximum Gasteiger partial charge on any atom is 0.177 e. The molecule has 2 heterocycles. The fraction of sp³-hybridized carbons (Fsp3) is 0.171. The Kier molecular flexibility index (Phi) is 20.0. The topological polar surface area (TPSA) is 118 Å². The van der Waals surface area contributed by atoms with Gasteiger partial charge in [0.25, 0.3) is 0 Å². The molecule has 0 aromatic heterocycles. The Balaban J connectivity index is 0.000000590. The highest BCUT2D eigenvalue weighted by atomic mass is 16.6. The minimum absolute atomic E-state index is 0.0116. The van der Waals surface area contributed by atoms with Crippen molar-refractivity contribution in [3.63, 3.8) is 0 Å². The molecule has 2 saturated heterocycles. The van der Waals surface area contributed by atoms with Gasteiger partial charge in [0.05, 0.1) is 64.0 Å². The van der Waals surface area contributed by atoms with Crippen LogP contribution in [0.1, 0.15) is 44.5 Å². The highest BCUT2D eigenvalue weighted by molar-refractivity contribution is 5.65. The zero-order valence-electron chi connectivity index (χ0n) is 43.2. The Bertz CT molecular complexity index is 2760. The van der Waals surface area contributed by atoms with Gasteiger partial charge in [0.15, 0.2) is 22.4 Å². The lowest BCUT2D eigenvalue weighted by Crippen LogP contribution is -2.26. The van der Waals surface area contributed by atoms with Gasteiger partial charge in [0, 0.05) is 44.5 Å². The summed E-state index contributed by atoms with van der Waals surface area (Å²) in [5.74, 6) is 25.4. The third-order valence-corrected chi connectivity index (χ3v) is 12.7. The van der Waals surface area contributed by atoms with Crippen molar-refractivity contribution in [1.82, 2.24) is 0 Å². The van der Waals surface area contributed by atoms with Crippen LogP contribution in [0.2, 0.25) is 0 Å². The molecule has 4 N–H and O–H groups in total. The van der Waals surface area contributed by atoms with Crippen molar-refractivity contribution in [2.45, 2.75) is 22.4 Å². The first kappa shape index (κ1) is 55.6. The summed E-state index contributed by atoms with van der Waals surface area (Å²) in [4.78, 5) is 0. The fourth-order valence-electron chi connectivity index (χ4n) is 8.48. The second-order valence-corrected chi connectivity index (χ2v) is 18.0. The Morgan fingerprint density at radius 2 is 0.359 bits per heavy atom. The van der Waals surface area contributed by atoms with E-state index < -0.39 is 22.4 Å². The largest absolute Gasteiger partial charge is 0.377 e. The van der Waals surface area contributed by atoms with Gasteiger partial charge >= 0.3 is 0 Å². The molecule has 0 radical (unpaired) electrons. The van der Waals surface area contributed by atoms with E-state index in [9.17, 15) is 20.4 Å². The van der Waals surface area contributed by atoms with E-state index in [1.54, 1.807) is 97.1 Å². The van der Waals surface area contributed by atoms with Crippen LogP contribution in [0, 0.1) is 47.4 Å². The van der Waals surface area contributed by atoms with E-state index in [1.165, 1.54) is 0 Å². The molecule has 10 rings (SSSR count). The van der Waals surface area contributed by atoms with Crippen molar-refractivity contribution in [3.05, 3.63) is 298 Å². The molecule has 0 aliphatic carbocycles. The Morgan fingerprint density at radius 3 is 0.474 bits per heavy atom. The van der Waals surface area contributed by atoms with Gasteiger partial charge in [-0.3, -0.25) is 0 Å². The molecule has 0 spiro atoms. The summed E-state index contributed by atoms with van der Waals surface area (Å²) in [6.07, 6.45) is 0. The van der Waals surface area contributed by atoms with Gasteiger partial charge in [-0.15, -0.1) is 0 Å². The zero-order chi connectivity index (χ0) is 54.2. The molecule has 0 atom stereocenters. The lowest BCUT2D eigenvalue weighted by molar-refractivity contribution is -0.0334. The lowest BCUT2D eigenvalue weighted by atomic mass is 9.85. The normalized spacial score (nSPS) is 13.1. The Hall–Kier alpha value is -8.58. The van der Waals surface area contributed by atoms with Gasteiger partial charge in [0.2, 0.25) is 0 Å². The third kappa shape index (κ3) is 14.5. The van der Waals surface area contributed by atoms with Crippen LogP contribution in [-0.2, 0) is 41.4 Å². The van der Waals surface area contributed by atoms with Gasteiger partial charge in [-0.1, -0.05) is 290 Å². The zero-order valence-corrected chi connectivity index (χ0v) is 43.2. The molecule has 0 bridgehead atoms. The maximum atomic E-state index is 12.7. The van der Waals surface area contributed by atoms with Crippen molar-refractivity contribution in [1.29, 1.82) is 0 Å². The number of aliphatic hydroxyl groups is 4. The maximum absolute atomic E-state index is 12.7. The van der Waals surface area contributed by atoms with Crippen molar-refractivity contribution < 1.29 is 39.4 Å². The molecule has 78 heavy (non-hydrogen) atoms. The molecule has 0 saturated carbocycles. The monoisotopic (exact) mass is 1030 g/mol. The first-order valence-corrected chi connectivity index (χ1v) is 25.7. The number of hydrogen-bond donors (Lipinski definition) is 4. The quantitative estimate of drug-likeness (QED) is 0.111. The molecular weight excluding hydrogens is 969 g/mol. The Labute approximate surface area is 458 Å². The van der Waals surface area contributed by atoms with Crippen LogP contribution < -0.4 is 0 Å². The van der Waals surface area contributed by atoms with Crippen LogP contribution in [0.15, 0.2) is 254 Å². The van der Waals surface area contributed by atoms with Crippen LogP contribution in [0.5, 0.6) is 0 Å². The van der Waals surface area contributed by atoms with Gasteiger partial charge in [-0.05, 0) is 0 Å². The smallest absolute Gasteiger partial charge is 0.177 e. The minimum atomic E-state index is -1.86. The molecule has 2 aliphatic rings. The first-order chi connectivity index (χ1) is 38.2. The predicted octanol–water partition coefficient (Wildman–Crippen LogP) is 10.1. The molecule has 0 amide bonds. The van der Waals surface area contributed by atoms with E-state index in [1.807, 2.05) is 146 Å². The van der Waals surface area contributed by atoms with E-state index >= 15 is 0 Å². The highest BCUT2D eigenvalue weighted by Crippen LogP contribution is 2.33. The third-order valence-electron chi connectivity index (χ3n) is 12.7. The Morgan fingerprint density at radius 1 is 0.231 bits per heavy atom. The molecule has 8 nitrogen and oxygen atoms in total. The van der Waals surface area contributed by atoms with Gasteiger partial charge in [-0.25, -0.2) is 0 Å². The van der Waals surface area contributed by atoms with E-state index in [-0.39, 0.29) is 11.1 Å². The highest BCUT2D eigenvalue weighted by Gasteiger charge is 2.33. The minimum Gasteiger partial charge on any atom is -0.377 e. The molecule has 8 heteroatoms. The molecular formula is C70H60O8. The number of hydrogen-bond acceptors (Lipinski definition) is 8. The second kappa shape index (κ2) is 28.0.